The minimum Gasteiger partial charge on any atom is -0.378 e. The Hall–Kier alpha value is -1.15. The number of hydrogen-bond acceptors (Lipinski definition) is 2. The van der Waals surface area contributed by atoms with Crippen LogP contribution in [0, 0.1) is 13.8 Å². The van der Waals surface area contributed by atoms with Crippen molar-refractivity contribution in [2.45, 2.75) is 52.1 Å². The van der Waals surface area contributed by atoms with Crippen LogP contribution in [0.5, 0.6) is 0 Å². The summed E-state index contributed by atoms with van der Waals surface area (Å²) in [6.45, 7) is 5.02. The first kappa shape index (κ1) is 13.3. The lowest BCUT2D eigenvalue weighted by atomic mass is 10.00. The second-order valence-electron chi connectivity index (χ2n) is 5.39. The van der Waals surface area contributed by atoms with E-state index in [-0.39, 0.29) is 0 Å². The molecule has 0 amide bonds. The van der Waals surface area contributed by atoms with E-state index >= 15 is 0 Å². The fourth-order valence-corrected chi connectivity index (χ4v) is 2.68. The summed E-state index contributed by atoms with van der Waals surface area (Å²) in [4.78, 5) is 11.9. The summed E-state index contributed by atoms with van der Waals surface area (Å²) in [6, 6.07) is 6.36. The van der Waals surface area contributed by atoms with Gasteiger partial charge in [0.15, 0.2) is 0 Å². The van der Waals surface area contributed by atoms with Crippen LogP contribution in [0.1, 0.15) is 42.4 Å². The van der Waals surface area contributed by atoms with Gasteiger partial charge in [-0.1, -0.05) is 29.3 Å². The molecular weight excluding hydrogens is 224 g/mol. The largest absolute Gasteiger partial charge is 0.378 e. The fraction of sp³-hybridized carbons (Fsp3) is 0.562. The molecule has 98 valence electrons. The summed E-state index contributed by atoms with van der Waals surface area (Å²) in [5.74, 6) is 0.329. The van der Waals surface area contributed by atoms with Crippen molar-refractivity contribution >= 4 is 5.78 Å². The van der Waals surface area contributed by atoms with Crippen molar-refractivity contribution < 1.29 is 9.53 Å². The number of carbonyl (C=O) groups excluding carboxylic acids is 1. The van der Waals surface area contributed by atoms with Crippen LogP contribution in [0.25, 0.3) is 0 Å². The van der Waals surface area contributed by atoms with Gasteiger partial charge in [-0.25, -0.2) is 0 Å². The van der Waals surface area contributed by atoms with Crippen LogP contribution >= 0.6 is 0 Å². The SMILES string of the molecule is Cc1cc(C)cc(CC(=O)CCC2CCCO2)c1. The third kappa shape index (κ3) is 3.95. The number of aryl methyl sites for hydroxylation is 2. The van der Waals surface area contributed by atoms with Crippen molar-refractivity contribution in [3.63, 3.8) is 0 Å². The van der Waals surface area contributed by atoms with Crippen LogP contribution in [-0.2, 0) is 16.0 Å². The molecule has 1 aromatic carbocycles. The van der Waals surface area contributed by atoms with Gasteiger partial charge in [0, 0.05) is 19.4 Å². The van der Waals surface area contributed by atoms with E-state index in [2.05, 4.69) is 32.0 Å². The Morgan fingerprint density at radius 2 is 2.00 bits per heavy atom. The van der Waals surface area contributed by atoms with Crippen molar-refractivity contribution in [3.05, 3.63) is 34.9 Å². The Balaban J connectivity index is 1.82. The molecule has 0 aromatic heterocycles. The second-order valence-corrected chi connectivity index (χ2v) is 5.39. The second kappa shape index (κ2) is 6.14. The minimum atomic E-state index is 0.327. The molecule has 1 aliphatic heterocycles. The zero-order valence-electron chi connectivity index (χ0n) is 11.4. The highest BCUT2D eigenvalue weighted by molar-refractivity contribution is 5.80. The molecule has 18 heavy (non-hydrogen) atoms. The van der Waals surface area contributed by atoms with Crippen LogP contribution < -0.4 is 0 Å². The highest BCUT2D eigenvalue weighted by atomic mass is 16.5. The van der Waals surface area contributed by atoms with Crippen molar-refractivity contribution in [1.82, 2.24) is 0 Å². The molecule has 0 radical (unpaired) electrons. The number of carbonyl (C=O) groups is 1. The van der Waals surface area contributed by atoms with E-state index in [4.69, 9.17) is 4.74 Å². The lowest BCUT2D eigenvalue weighted by Crippen LogP contribution is -2.10. The molecule has 1 unspecified atom stereocenters. The zero-order chi connectivity index (χ0) is 13.0. The predicted octanol–water partition coefficient (Wildman–Crippen LogP) is 3.37. The first-order valence-electron chi connectivity index (χ1n) is 6.84. The molecule has 0 saturated carbocycles. The van der Waals surface area contributed by atoms with Gasteiger partial charge in [-0.3, -0.25) is 4.79 Å². The van der Waals surface area contributed by atoms with Crippen molar-refractivity contribution in [3.8, 4) is 0 Å². The topological polar surface area (TPSA) is 26.3 Å². The maximum Gasteiger partial charge on any atom is 0.137 e. The van der Waals surface area contributed by atoms with E-state index in [1.807, 2.05) is 0 Å². The first-order valence-corrected chi connectivity index (χ1v) is 6.84. The predicted molar refractivity (Wildman–Crippen MR) is 72.8 cm³/mol. The van der Waals surface area contributed by atoms with Gasteiger partial charge >= 0.3 is 0 Å². The number of rotatable bonds is 5. The van der Waals surface area contributed by atoms with Crippen LogP contribution in [0.2, 0.25) is 0 Å². The standard InChI is InChI=1S/C16H22O2/c1-12-8-13(2)10-14(9-12)11-15(17)5-6-16-4-3-7-18-16/h8-10,16H,3-7,11H2,1-2H3. The Morgan fingerprint density at radius 1 is 1.28 bits per heavy atom. The molecule has 1 aliphatic rings. The van der Waals surface area contributed by atoms with E-state index < -0.39 is 0 Å². The Morgan fingerprint density at radius 3 is 2.61 bits per heavy atom. The van der Waals surface area contributed by atoms with Crippen LogP contribution in [0.3, 0.4) is 0 Å². The monoisotopic (exact) mass is 246 g/mol. The van der Waals surface area contributed by atoms with Gasteiger partial charge < -0.3 is 4.74 Å². The Bertz CT molecular complexity index is 397. The lowest BCUT2D eigenvalue weighted by molar-refractivity contribution is -0.119. The molecule has 1 heterocycles. The average Bonchev–Trinajstić information content (AvgIpc) is 2.77. The number of hydrogen-bond donors (Lipinski definition) is 0. The molecule has 0 spiro atoms. The number of benzene rings is 1. The number of ketones is 1. The molecule has 0 bridgehead atoms. The maximum absolute atomic E-state index is 11.9. The summed E-state index contributed by atoms with van der Waals surface area (Å²) >= 11 is 0. The lowest BCUT2D eigenvalue weighted by Gasteiger charge is -2.08. The fourth-order valence-electron chi connectivity index (χ4n) is 2.68. The molecule has 2 nitrogen and oxygen atoms in total. The molecule has 2 heteroatoms. The summed E-state index contributed by atoms with van der Waals surface area (Å²) in [6.07, 6.45) is 4.71. The first-order chi connectivity index (χ1) is 8.63. The van der Waals surface area contributed by atoms with Gasteiger partial charge in [-0.15, -0.1) is 0 Å². The molecule has 1 saturated heterocycles. The summed E-state index contributed by atoms with van der Waals surface area (Å²) in [5, 5.41) is 0. The summed E-state index contributed by atoms with van der Waals surface area (Å²) in [7, 11) is 0. The molecule has 0 aliphatic carbocycles. The maximum atomic E-state index is 11.9. The Labute approximate surface area is 109 Å². The normalized spacial score (nSPS) is 19.1. The third-order valence-electron chi connectivity index (χ3n) is 3.45. The average molecular weight is 246 g/mol. The van der Waals surface area contributed by atoms with Crippen molar-refractivity contribution in [2.24, 2.45) is 0 Å². The molecule has 1 atom stereocenters. The minimum absolute atomic E-state index is 0.327. The third-order valence-corrected chi connectivity index (χ3v) is 3.45. The Kier molecular flexibility index (Phi) is 4.54. The van der Waals surface area contributed by atoms with Gasteiger partial charge in [-0.05, 0) is 38.7 Å². The highest BCUT2D eigenvalue weighted by Crippen LogP contribution is 2.18. The van der Waals surface area contributed by atoms with Crippen molar-refractivity contribution in [2.75, 3.05) is 6.61 Å². The molecule has 0 N–H and O–H groups in total. The molecule has 2 rings (SSSR count). The van der Waals surface area contributed by atoms with Crippen molar-refractivity contribution in [1.29, 1.82) is 0 Å². The van der Waals surface area contributed by atoms with Crippen LogP contribution in [0.15, 0.2) is 18.2 Å². The van der Waals surface area contributed by atoms with Gasteiger partial charge in [0.1, 0.15) is 5.78 Å². The molecular formula is C16H22O2. The van der Waals surface area contributed by atoms with Crippen LogP contribution in [-0.4, -0.2) is 18.5 Å². The number of Topliss-reactive ketones (excluding diaryl/α,β-unsaturated/α-hetero) is 1. The van der Waals surface area contributed by atoms with E-state index in [0.29, 0.717) is 24.7 Å². The van der Waals surface area contributed by atoms with Crippen LogP contribution in [0.4, 0.5) is 0 Å². The summed E-state index contributed by atoms with van der Waals surface area (Å²) in [5.41, 5.74) is 3.61. The van der Waals surface area contributed by atoms with Gasteiger partial charge in [-0.2, -0.15) is 0 Å². The van der Waals surface area contributed by atoms with E-state index in [0.717, 1.165) is 31.4 Å². The summed E-state index contributed by atoms with van der Waals surface area (Å²) < 4.78 is 5.54. The zero-order valence-corrected chi connectivity index (χ0v) is 11.4. The smallest absolute Gasteiger partial charge is 0.137 e. The molecule has 1 fully saturated rings. The van der Waals surface area contributed by atoms with Gasteiger partial charge in [0.05, 0.1) is 6.10 Å². The van der Waals surface area contributed by atoms with Gasteiger partial charge in [0.25, 0.3) is 0 Å². The highest BCUT2D eigenvalue weighted by Gasteiger charge is 2.16. The molecule has 1 aromatic rings. The van der Waals surface area contributed by atoms with Gasteiger partial charge in [0.2, 0.25) is 0 Å². The number of ether oxygens (including phenoxy) is 1. The van der Waals surface area contributed by atoms with E-state index in [1.54, 1.807) is 0 Å². The van der Waals surface area contributed by atoms with E-state index in [1.165, 1.54) is 11.1 Å². The quantitative estimate of drug-likeness (QED) is 0.796. The van der Waals surface area contributed by atoms with E-state index in [9.17, 15) is 4.79 Å².